The molecular weight excluding hydrogens is 397 g/mol. The summed E-state index contributed by atoms with van der Waals surface area (Å²) in [4.78, 5) is 0. The molecule has 156 valence electrons. The molecule has 0 aliphatic heterocycles. The fraction of sp³-hybridized carbons (Fsp3) is 0.273. The van der Waals surface area contributed by atoms with Crippen LogP contribution in [0.2, 0.25) is 0 Å². The van der Waals surface area contributed by atoms with Gasteiger partial charge in [-0.25, -0.2) is 0 Å². The first kappa shape index (κ1) is 23.2. The number of halogens is 2. The summed E-state index contributed by atoms with van der Waals surface area (Å²) in [6.07, 6.45) is 4.50. The first-order valence-electron chi connectivity index (χ1n) is 9.26. The van der Waals surface area contributed by atoms with Crippen LogP contribution in [0, 0.1) is 0 Å². The van der Waals surface area contributed by atoms with E-state index in [-0.39, 0.29) is 13.2 Å². The summed E-state index contributed by atoms with van der Waals surface area (Å²) < 4.78 is 53.4. The van der Waals surface area contributed by atoms with Gasteiger partial charge in [-0.15, -0.1) is 0 Å². The molecule has 0 heterocycles. The minimum Gasteiger partial charge on any atom is -0.375 e. The van der Waals surface area contributed by atoms with Gasteiger partial charge >= 0.3 is 13.3 Å². The molecule has 0 aromatic heterocycles. The SMILES string of the molecule is CCOP(=O)(OCC)C(F)(F)C(O)(/C=C/c1ccccc1)/C=C/c1ccccc1. The van der Waals surface area contributed by atoms with E-state index in [2.05, 4.69) is 0 Å². The van der Waals surface area contributed by atoms with Crippen molar-refractivity contribution in [2.45, 2.75) is 25.1 Å². The normalized spacial score (nSPS) is 13.4. The van der Waals surface area contributed by atoms with Crippen LogP contribution in [-0.2, 0) is 13.6 Å². The second-order valence-electron chi connectivity index (χ2n) is 6.19. The van der Waals surface area contributed by atoms with E-state index in [0.717, 1.165) is 12.2 Å². The summed E-state index contributed by atoms with van der Waals surface area (Å²) in [6.45, 7) is 2.35. The highest BCUT2D eigenvalue weighted by Crippen LogP contribution is 2.66. The fourth-order valence-corrected chi connectivity index (χ4v) is 4.26. The molecule has 7 heteroatoms. The third-order valence-electron chi connectivity index (χ3n) is 4.08. The highest BCUT2D eigenvalue weighted by Gasteiger charge is 2.65. The Hall–Kier alpha value is -2.11. The van der Waals surface area contributed by atoms with Crippen LogP contribution in [0.4, 0.5) is 8.78 Å². The Balaban J connectivity index is 2.53. The summed E-state index contributed by atoms with van der Waals surface area (Å²) in [6, 6.07) is 17.3. The Morgan fingerprint density at radius 3 is 1.59 bits per heavy atom. The van der Waals surface area contributed by atoms with Crippen molar-refractivity contribution in [3.63, 3.8) is 0 Å². The Labute approximate surface area is 170 Å². The van der Waals surface area contributed by atoms with Crippen molar-refractivity contribution < 1.29 is 27.5 Å². The van der Waals surface area contributed by atoms with Gasteiger partial charge in [0.15, 0.2) is 5.60 Å². The van der Waals surface area contributed by atoms with E-state index in [4.69, 9.17) is 9.05 Å². The molecule has 4 nitrogen and oxygen atoms in total. The number of rotatable bonds is 10. The predicted octanol–water partition coefficient (Wildman–Crippen LogP) is 6.00. The first-order valence-corrected chi connectivity index (χ1v) is 10.8. The van der Waals surface area contributed by atoms with Crippen LogP contribution < -0.4 is 0 Å². The maximum Gasteiger partial charge on any atom is 0.403 e. The molecule has 0 atom stereocenters. The van der Waals surface area contributed by atoms with Crippen molar-refractivity contribution in [3.05, 3.63) is 83.9 Å². The third-order valence-corrected chi connectivity index (χ3v) is 6.33. The first-order chi connectivity index (χ1) is 13.8. The molecule has 0 saturated carbocycles. The minimum atomic E-state index is -4.97. The molecule has 0 fully saturated rings. The smallest absolute Gasteiger partial charge is 0.375 e. The summed E-state index contributed by atoms with van der Waals surface area (Å²) in [5.74, 6) is 0. The highest BCUT2D eigenvalue weighted by atomic mass is 31.2. The maximum absolute atomic E-state index is 15.4. The van der Waals surface area contributed by atoms with Crippen LogP contribution in [0.15, 0.2) is 72.8 Å². The molecule has 0 spiro atoms. The largest absolute Gasteiger partial charge is 0.403 e. The lowest BCUT2D eigenvalue weighted by Crippen LogP contribution is -2.45. The minimum absolute atomic E-state index is 0.256. The van der Waals surface area contributed by atoms with E-state index in [0.29, 0.717) is 11.1 Å². The molecule has 29 heavy (non-hydrogen) atoms. The van der Waals surface area contributed by atoms with E-state index in [9.17, 15) is 9.67 Å². The zero-order valence-electron chi connectivity index (χ0n) is 16.4. The Kier molecular flexibility index (Phi) is 8.05. The van der Waals surface area contributed by atoms with Crippen molar-refractivity contribution >= 4 is 19.7 Å². The Morgan fingerprint density at radius 1 is 0.862 bits per heavy atom. The van der Waals surface area contributed by atoms with Crippen LogP contribution in [0.5, 0.6) is 0 Å². The topological polar surface area (TPSA) is 55.8 Å². The molecule has 2 rings (SSSR count). The third kappa shape index (κ3) is 5.49. The summed E-state index contributed by atoms with van der Waals surface area (Å²) >= 11 is 0. The van der Waals surface area contributed by atoms with Gasteiger partial charge in [0.05, 0.1) is 13.2 Å². The lowest BCUT2D eigenvalue weighted by atomic mass is 10.00. The molecule has 0 unspecified atom stereocenters. The molecule has 1 N–H and O–H groups in total. The molecule has 0 saturated heterocycles. The molecule has 0 aliphatic rings. The number of alkyl halides is 2. The lowest BCUT2D eigenvalue weighted by molar-refractivity contribution is -0.0852. The van der Waals surface area contributed by atoms with Crippen LogP contribution in [0.1, 0.15) is 25.0 Å². The van der Waals surface area contributed by atoms with Gasteiger partial charge in [0, 0.05) is 0 Å². The van der Waals surface area contributed by atoms with Crippen molar-refractivity contribution in [2.75, 3.05) is 13.2 Å². The number of hydrogen-bond donors (Lipinski definition) is 1. The van der Waals surface area contributed by atoms with Crippen molar-refractivity contribution in [1.29, 1.82) is 0 Å². The summed E-state index contributed by atoms with van der Waals surface area (Å²) in [5.41, 5.74) is -5.96. The van der Waals surface area contributed by atoms with Crippen LogP contribution in [0.25, 0.3) is 12.2 Å². The molecular formula is C22H25F2O4P. The molecule has 2 aromatic rings. The van der Waals surface area contributed by atoms with Crippen molar-refractivity contribution in [2.24, 2.45) is 0 Å². The quantitative estimate of drug-likeness (QED) is 0.477. The van der Waals surface area contributed by atoms with E-state index in [1.54, 1.807) is 60.7 Å². The highest BCUT2D eigenvalue weighted by molar-refractivity contribution is 7.55. The molecule has 0 radical (unpaired) electrons. The average molecular weight is 422 g/mol. The van der Waals surface area contributed by atoms with E-state index in [1.165, 1.54) is 26.0 Å². The summed E-state index contributed by atoms with van der Waals surface area (Å²) in [5, 5.41) is 11.0. The molecule has 0 bridgehead atoms. The number of aliphatic hydroxyl groups is 1. The van der Waals surface area contributed by atoms with Gasteiger partial charge < -0.3 is 14.2 Å². The Morgan fingerprint density at radius 2 is 1.24 bits per heavy atom. The van der Waals surface area contributed by atoms with Crippen molar-refractivity contribution in [3.8, 4) is 0 Å². The van der Waals surface area contributed by atoms with Gasteiger partial charge in [0.25, 0.3) is 0 Å². The van der Waals surface area contributed by atoms with E-state index in [1.807, 2.05) is 0 Å². The lowest BCUT2D eigenvalue weighted by Gasteiger charge is -2.35. The van der Waals surface area contributed by atoms with Gasteiger partial charge in [-0.05, 0) is 37.1 Å². The van der Waals surface area contributed by atoms with Gasteiger partial charge in [-0.1, -0.05) is 72.8 Å². The monoisotopic (exact) mass is 422 g/mol. The molecule has 2 aromatic carbocycles. The van der Waals surface area contributed by atoms with Crippen LogP contribution in [-0.4, -0.2) is 29.6 Å². The molecule has 0 amide bonds. The van der Waals surface area contributed by atoms with Crippen LogP contribution in [0.3, 0.4) is 0 Å². The number of benzene rings is 2. The second kappa shape index (κ2) is 10.1. The van der Waals surface area contributed by atoms with E-state index < -0.39 is 18.9 Å². The zero-order valence-corrected chi connectivity index (χ0v) is 17.3. The standard InChI is InChI=1S/C22H25F2O4P/c1-3-27-29(26,28-4-2)22(23,24)21(25,17-15-19-11-7-5-8-12-19)18-16-20-13-9-6-10-14-20/h5-18,25H,3-4H2,1-2H3/b17-15+,18-16+. The average Bonchev–Trinajstić information content (AvgIpc) is 2.72. The predicted molar refractivity (Wildman–Crippen MR) is 112 cm³/mol. The fourth-order valence-electron chi connectivity index (χ4n) is 2.59. The zero-order chi connectivity index (χ0) is 21.4. The van der Waals surface area contributed by atoms with Gasteiger partial charge in [0.1, 0.15) is 0 Å². The summed E-state index contributed by atoms with van der Waals surface area (Å²) in [7, 11) is -4.97. The van der Waals surface area contributed by atoms with E-state index >= 15 is 8.78 Å². The van der Waals surface area contributed by atoms with Crippen LogP contribution >= 0.6 is 7.60 Å². The van der Waals surface area contributed by atoms with Gasteiger partial charge in [-0.2, -0.15) is 8.78 Å². The Bertz CT molecular complexity index is 807. The van der Waals surface area contributed by atoms with Gasteiger partial charge in [-0.3, -0.25) is 4.57 Å². The number of hydrogen-bond acceptors (Lipinski definition) is 4. The van der Waals surface area contributed by atoms with Gasteiger partial charge in [0.2, 0.25) is 0 Å². The van der Waals surface area contributed by atoms with Crippen molar-refractivity contribution in [1.82, 2.24) is 0 Å². The maximum atomic E-state index is 15.4. The molecule has 0 aliphatic carbocycles. The second-order valence-corrected chi connectivity index (χ2v) is 8.26.